The van der Waals surface area contributed by atoms with Gasteiger partial charge in [-0.3, -0.25) is 4.57 Å². The van der Waals surface area contributed by atoms with Crippen molar-refractivity contribution in [1.29, 1.82) is 0 Å². The van der Waals surface area contributed by atoms with Gasteiger partial charge in [0.15, 0.2) is 0 Å². The highest BCUT2D eigenvalue weighted by Gasteiger charge is 2.54. The van der Waals surface area contributed by atoms with Gasteiger partial charge in [0.25, 0.3) is 15.2 Å². The zero-order valence-corrected chi connectivity index (χ0v) is 12.1. The smallest absolute Gasteiger partial charge is 0.273 e. The topological polar surface area (TPSA) is 90.9 Å². The zero-order chi connectivity index (χ0) is 13.8. The Balaban J connectivity index is 2.01. The number of rotatable bonds is 3. The first-order chi connectivity index (χ1) is 8.91. The van der Waals surface area contributed by atoms with Crippen LogP contribution in [-0.2, 0) is 10.0 Å². The Hall–Kier alpha value is -0.950. The third-order valence-corrected chi connectivity index (χ3v) is 5.20. The third kappa shape index (κ3) is 2.08. The molecule has 6 nitrogen and oxygen atoms in total. The highest BCUT2D eigenvalue weighted by atomic mass is 32.2. The Morgan fingerprint density at radius 3 is 2.26 bits per heavy atom. The fourth-order valence-electron chi connectivity index (χ4n) is 3.57. The molecule has 2 aliphatic rings. The second kappa shape index (κ2) is 4.28. The standard InChI is InChI=1S/C12H20N4O2S/c1-7(2)16-11(14-15-12(16)19(13,17)18)10-8-5-3-4-6-9(8)10/h7-10H,3-6H2,1-2H3,(H2,13,17,18). The van der Waals surface area contributed by atoms with Crippen LogP contribution in [0, 0.1) is 11.8 Å². The molecule has 1 heterocycles. The summed E-state index contributed by atoms with van der Waals surface area (Å²) in [6, 6.07) is 0.000906. The lowest BCUT2D eigenvalue weighted by Gasteiger charge is -2.12. The molecule has 2 N–H and O–H groups in total. The Kier molecular flexibility index (Phi) is 2.94. The van der Waals surface area contributed by atoms with Crippen LogP contribution in [0.5, 0.6) is 0 Å². The summed E-state index contributed by atoms with van der Waals surface area (Å²) >= 11 is 0. The molecule has 2 unspecified atom stereocenters. The summed E-state index contributed by atoms with van der Waals surface area (Å²) in [7, 11) is -3.81. The second-order valence-corrected chi connectivity index (χ2v) is 7.44. The van der Waals surface area contributed by atoms with E-state index in [9.17, 15) is 8.42 Å². The molecule has 2 atom stereocenters. The Labute approximate surface area is 113 Å². The second-order valence-electron chi connectivity index (χ2n) is 5.99. The maximum absolute atomic E-state index is 11.6. The van der Waals surface area contributed by atoms with Crippen molar-refractivity contribution in [1.82, 2.24) is 14.8 Å². The molecule has 0 bridgehead atoms. The molecular weight excluding hydrogens is 264 g/mol. The molecule has 2 saturated carbocycles. The minimum Gasteiger partial charge on any atom is -0.298 e. The summed E-state index contributed by atoms with van der Waals surface area (Å²) < 4.78 is 24.9. The van der Waals surface area contributed by atoms with Crippen LogP contribution in [0.3, 0.4) is 0 Å². The van der Waals surface area contributed by atoms with Gasteiger partial charge in [-0.25, -0.2) is 13.6 Å². The van der Waals surface area contributed by atoms with Crippen LogP contribution in [0.2, 0.25) is 0 Å². The molecule has 0 aromatic carbocycles. The number of sulfonamides is 1. The van der Waals surface area contributed by atoms with Crippen LogP contribution in [0.4, 0.5) is 0 Å². The van der Waals surface area contributed by atoms with Crippen molar-refractivity contribution in [2.24, 2.45) is 17.0 Å². The van der Waals surface area contributed by atoms with E-state index < -0.39 is 10.0 Å². The van der Waals surface area contributed by atoms with E-state index in [0.29, 0.717) is 17.8 Å². The normalized spacial score (nSPS) is 30.4. The van der Waals surface area contributed by atoms with Gasteiger partial charge in [-0.1, -0.05) is 12.8 Å². The van der Waals surface area contributed by atoms with Crippen LogP contribution in [0.25, 0.3) is 0 Å². The van der Waals surface area contributed by atoms with Gasteiger partial charge in [0.05, 0.1) is 0 Å². The average Bonchev–Trinajstić information content (AvgIpc) is 2.86. The van der Waals surface area contributed by atoms with Crippen LogP contribution >= 0.6 is 0 Å². The van der Waals surface area contributed by atoms with Gasteiger partial charge in [-0.2, -0.15) is 0 Å². The van der Waals surface area contributed by atoms with Gasteiger partial charge < -0.3 is 0 Å². The number of fused-ring (bicyclic) bond motifs is 1. The van der Waals surface area contributed by atoms with Gasteiger partial charge in [-0.15, -0.1) is 10.2 Å². The lowest BCUT2D eigenvalue weighted by Crippen LogP contribution is -2.20. The van der Waals surface area contributed by atoms with Gasteiger partial charge in [0.2, 0.25) is 0 Å². The summed E-state index contributed by atoms with van der Waals surface area (Å²) in [5.41, 5.74) is 0. The molecule has 0 saturated heterocycles. The first-order valence-corrected chi connectivity index (χ1v) is 8.43. The molecule has 0 spiro atoms. The predicted octanol–water partition coefficient (Wildman–Crippen LogP) is 1.41. The quantitative estimate of drug-likeness (QED) is 0.908. The molecule has 0 radical (unpaired) electrons. The van der Waals surface area contributed by atoms with Gasteiger partial charge in [0.1, 0.15) is 5.82 Å². The Bertz CT molecular complexity index is 581. The van der Waals surface area contributed by atoms with Crippen molar-refractivity contribution >= 4 is 10.0 Å². The third-order valence-electron chi connectivity index (χ3n) is 4.42. The fraction of sp³-hybridized carbons (Fsp3) is 0.833. The van der Waals surface area contributed by atoms with Gasteiger partial charge >= 0.3 is 0 Å². The molecule has 0 aliphatic heterocycles. The number of hydrogen-bond acceptors (Lipinski definition) is 4. The predicted molar refractivity (Wildman–Crippen MR) is 70.0 cm³/mol. The molecule has 2 aliphatic carbocycles. The van der Waals surface area contributed by atoms with Crippen molar-refractivity contribution in [2.45, 2.75) is 56.6 Å². The van der Waals surface area contributed by atoms with E-state index in [1.54, 1.807) is 4.57 Å². The van der Waals surface area contributed by atoms with E-state index in [-0.39, 0.29) is 11.2 Å². The highest BCUT2D eigenvalue weighted by Crippen LogP contribution is 2.61. The summed E-state index contributed by atoms with van der Waals surface area (Å²) in [6.45, 7) is 3.88. The number of hydrogen-bond donors (Lipinski definition) is 1. The van der Waals surface area contributed by atoms with E-state index in [1.807, 2.05) is 13.8 Å². The summed E-state index contributed by atoms with van der Waals surface area (Å²) in [4.78, 5) is 0. The molecule has 19 heavy (non-hydrogen) atoms. The summed E-state index contributed by atoms with van der Waals surface area (Å²) in [5.74, 6) is 2.54. The first-order valence-electron chi connectivity index (χ1n) is 6.89. The van der Waals surface area contributed by atoms with Crippen LogP contribution in [0.15, 0.2) is 5.16 Å². The van der Waals surface area contributed by atoms with E-state index >= 15 is 0 Å². The molecule has 7 heteroatoms. The molecule has 2 fully saturated rings. The molecule has 1 aromatic rings. The van der Waals surface area contributed by atoms with Crippen molar-refractivity contribution in [3.8, 4) is 0 Å². The largest absolute Gasteiger partial charge is 0.298 e. The number of nitrogens with zero attached hydrogens (tertiary/aromatic N) is 3. The average molecular weight is 284 g/mol. The summed E-state index contributed by atoms with van der Waals surface area (Å²) in [5, 5.41) is 13.1. The molecule has 1 aromatic heterocycles. The van der Waals surface area contributed by atoms with Crippen LogP contribution < -0.4 is 5.14 Å². The lowest BCUT2D eigenvalue weighted by atomic mass is 10.0. The molecule has 0 amide bonds. The number of primary sulfonamides is 1. The molecule has 3 rings (SSSR count). The Morgan fingerprint density at radius 2 is 1.79 bits per heavy atom. The van der Waals surface area contributed by atoms with Gasteiger partial charge in [0, 0.05) is 12.0 Å². The number of nitrogens with two attached hydrogens (primary N) is 1. The lowest BCUT2D eigenvalue weighted by molar-refractivity contribution is 0.480. The highest BCUT2D eigenvalue weighted by molar-refractivity contribution is 7.89. The molecular formula is C12H20N4O2S. The fourth-order valence-corrected chi connectivity index (χ4v) is 4.30. The van der Waals surface area contributed by atoms with Crippen molar-refractivity contribution in [3.63, 3.8) is 0 Å². The maximum Gasteiger partial charge on any atom is 0.273 e. The van der Waals surface area contributed by atoms with E-state index in [0.717, 1.165) is 5.82 Å². The maximum atomic E-state index is 11.6. The minimum atomic E-state index is -3.81. The van der Waals surface area contributed by atoms with Crippen molar-refractivity contribution in [2.75, 3.05) is 0 Å². The Morgan fingerprint density at radius 1 is 1.21 bits per heavy atom. The number of aromatic nitrogens is 3. The van der Waals surface area contributed by atoms with E-state index in [1.165, 1.54) is 25.7 Å². The first kappa shape index (κ1) is 13.1. The monoisotopic (exact) mass is 284 g/mol. The van der Waals surface area contributed by atoms with Crippen LogP contribution in [-0.4, -0.2) is 23.2 Å². The van der Waals surface area contributed by atoms with Crippen molar-refractivity contribution < 1.29 is 8.42 Å². The van der Waals surface area contributed by atoms with E-state index in [2.05, 4.69) is 10.2 Å². The minimum absolute atomic E-state index is 0.000906. The SMILES string of the molecule is CC(C)n1c(C2C3CCCCC32)nnc1S(N)(=O)=O. The zero-order valence-electron chi connectivity index (χ0n) is 11.3. The molecule has 106 valence electrons. The summed E-state index contributed by atoms with van der Waals surface area (Å²) in [6.07, 6.45) is 5.00. The van der Waals surface area contributed by atoms with Crippen molar-refractivity contribution in [3.05, 3.63) is 5.82 Å². The van der Waals surface area contributed by atoms with E-state index in [4.69, 9.17) is 5.14 Å². The van der Waals surface area contributed by atoms with Crippen LogP contribution in [0.1, 0.15) is 57.3 Å². The van der Waals surface area contributed by atoms with Gasteiger partial charge in [-0.05, 0) is 38.5 Å².